The molecule has 3 heterocycles. The van der Waals surface area contributed by atoms with E-state index in [4.69, 9.17) is 28.4 Å². The van der Waals surface area contributed by atoms with Crippen LogP contribution in [0.3, 0.4) is 0 Å². The van der Waals surface area contributed by atoms with Gasteiger partial charge in [0.25, 0.3) is 0 Å². The number of allylic oxidation sites excluding steroid dienone is 1. The van der Waals surface area contributed by atoms with Crippen LogP contribution in [0.25, 0.3) is 0 Å². The van der Waals surface area contributed by atoms with Gasteiger partial charge in [-0.3, -0.25) is 0 Å². The fourth-order valence-electron chi connectivity index (χ4n) is 12.8. The van der Waals surface area contributed by atoms with Gasteiger partial charge < -0.3 is 84.6 Å². The molecule has 0 aromatic rings. The Morgan fingerprint density at radius 1 is 0.672 bits per heavy atom. The number of fused-ring (bicyclic) bond motifs is 5. The van der Waals surface area contributed by atoms with Crippen molar-refractivity contribution in [3.05, 3.63) is 11.6 Å². The van der Waals surface area contributed by atoms with Crippen molar-refractivity contribution in [1.29, 1.82) is 0 Å². The Kier molecular flexibility index (Phi) is 15.3. The van der Waals surface area contributed by atoms with E-state index in [0.29, 0.717) is 42.9 Å². The molecule has 0 aromatic carbocycles. The van der Waals surface area contributed by atoms with E-state index in [9.17, 15) is 56.2 Å². The van der Waals surface area contributed by atoms with Crippen molar-refractivity contribution in [3.8, 4) is 0 Å². The predicted molar refractivity (Wildman–Crippen MR) is 214 cm³/mol. The number of aliphatic hydroxyl groups excluding tert-OH is 11. The van der Waals surface area contributed by atoms with Gasteiger partial charge in [0.1, 0.15) is 67.1 Å². The minimum absolute atomic E-state index is 0.00161. The second-order valence-corrected chi connectivity index (χ2v) is 20.1. The summed E-state index contributed by atoms with van der Waals surface area (Å²) in [6, 6.07) is 0. The number of hydrogen-bond acceptors (Lipinski definition) is 17. The molecule has 11 N–H and O–H groups in total. The predicted octanol–water partition coefficient (Wildman–Crippen LogP) is -0.556. The molecule has 352 valence electrons. The lowest BCUT2D eigenvalue weighted by atomic mass is 9.47. The average Bonchev–Trinajstić information content (AvgIpc) is 3.75. The van der Waals surface area contributed by atoms with Crippen molar-refractivity contribution in [2.75, 3.05) is 26.4 Å². The molecule has 7 aliphatic rings. The summed E-state index contributed by atoms with van der Waals surface area (Å²) in [5.74, 6) is 2.13. The zero-order chi connectivity index (χ0) is 44.1. The molecule has 0 amide bonds. The maximum absolute atomic E-state index is 11.6. The first kappa shape index (κ1) is 48.0. The topological polar surface area (TPSA) is 278 Å². The normalized spacial score (nSPS) is 50.3. The SMILES string of the molecule is C[C@H](CC[C@@H](O)[C@@H](C)[C@H]1CC[C@H]2[C@@H]3CC=C4C[C@@H](O[C@@H]5O[C@H](CO)[C@@H](O[C@@H]6O[C@H](CO)[C@@H](O)[C@@H]6O)[C@H](O)[C@H]5O)CC[C@]4(C)[C@H]3CC[C@]12C)CO[C@@H]1O[C@H](CO)[C@@H](O)[C@H](O)[C@H]1O. The lowest BCUT2D eigenvalue weighted by Gasteiger charge is -2.58. The zero-order valence-corrected chi connectivity index (χ0v) is 36.0. The van der Waals surface area contributed by atoms with Crippen LogP contribution in [0.15, 0.2) is 11.6 Å². The van der Waals surface area contributed by atoms with Crippen LogP contribution in [0.2, 0.25) is 0 Å². The molecule has 0 unspecified atom stereocenters. The molecule has 3 saturated carbocycles. The summed E-state index contributed by atoms with van der Waals surface area (Å²) in [6.45, 7) is 7.61. The fraction of sp³-hybridized carbons (Fsp3) is 0.955. The summed E-state index contributed by atoms with van der Waals surface area (Å²) in [4.78, 5) is 0. The van der Waals surface area contributed by atoms with Gasteiger partial charge in [-0.1, -0.05) is 39.3 Å². The molecule has 0 spiro atoms. The molecule has 0 radical (unpaired) electrons. The summed E-state index contributed by atoms with van der Waals surface area (Å²) in [5, 5.41) is 114. The van der Waals surface area contributed by atoms with Gasteiger partial charge in [-0.2, -0.15) is 0 Å². The van der Waals surface area contributed by atoms with Crippen LogP contribution < -0.4 is 0 Å². The smallest absolute Gasteiger partial charge is 0.187 e. The van der Waals surface area contributed by atoms with Crippen LogP contribution in [0, 0.1) is 46.3 Å². The first-order valence-electron chi connectivity index (χ1n) is 22.8. The highest BCUT2D eigenvalue weighted by Gasteiger charge is 2.60. The van der Waals surface area contributed by atoms with E-state index in [1.807, 2.05) is 6.92 Å². The van der Waals surface area contributed by atoms with E-state index in [2.05, 4.69) is 26.8 Å². The monoisotopic (exact) mass is 874 g/mol. The van der Waals surface area contributed by atoms with Crippen molar-refractivity contribution in [1.82, 2.24) is 0 Å². The van der Waals surface area contributed by atoms with E-state index in [1.165, 1.54) is 5.57 Å². The minimum atomic E-state index is -1.56. The van der Waals surface area contributed by atoms with Gasteiger partial charge in [0, 0.05) is 0 Å². The first-order chi connectivity index (χ1) is 29.0. The number of aliphatic hydroxyl groups is 11. The summed E-state index contributed by atoms with van der Waals surface area (Å²) in [7, 11) is 0. The van der Waals surface area contributed by atoms with Crippen LogP contribution >= 0.6 is 0 Å². The van der Waals surface area contributed by atoms with Gasteiger partial charge in [0.05, 0.1) is 38.6 Å². The average molecular weight is 875 g/mol. The lowest BCUT2D eigenvalue weighted by molar-refractivity contribution is -0.337. The van der Waals surface area contributed by atoms with Gasteiger partial charge in [0.2, 0.25) is 0 Å². The molecule has 24 atom stereocenters. The Bertz CT molecular complexity index is 1470. The second kappa shape index (κ2) is 19.5. The van der Waals surface area contributed by atoms with Crippen molar-refractivity contribution < 1.29 is 84.6 Å². The Morgan fingerprint density at radius 3 is 1.97 bits per heavy atom. The van der Waals surface area contributed by atoms with Gasteiger partial charge >= 0.3 is 0 Å². The summed E-state index contributed by atoms with van der Waals surface area (Å²) < 4.78 is 34.6. The highest BCUT2D eigenvalue weighted by Crippen LogP contribution is 2.67. The molecule has 6 fully saturated rings. The van der Waals surface area contributed by atoms with E-state index in [0.717, 1.165) is 44.9 Å². The molecule has 7 rings (SSSR count). The Labute approximate surface area is 358 Å². The lowest BCUT2D eigenvalue weighted by Crippen LogP contribution is -2.62. The van der Waals surface area contributed by atoms with Crippen molar-refractivity contribution in [2.45, 2.75) is 190 Å². The Hall–Kier alpha value is -0.940. The molecule has 0 aromatic heterocycles. The van der Waals surface area contributed by atoms with Gasteiger partial charge in [-0.15, -0.1) is 0 Å². The van der Waals surface area contributed by atoms with Gasteiger partial charge in [-0.25, -0.2) is 0 Å². The largest absolute Gasteiger partial charge is 0.394 e. The number of ether oxygens (including phenoxy) is 6. The molecule has 3 aliphatic heterocycles. The van der Waals surface area contributed by atoms with Crippen LogP contribution in [0.1, 0.15) is 91.9 Å². The molecular weight excluding hydrogens is 800 g/mol. The van der Waals surface area contributed by atoms with E-state index < -0.39 is 112 Å². The highest BCUT2D eigenvalue weighted by molar-refractivity contribution is 5.25. The molecule has 17 heteroatoms. The van der Waals surface area contributed by atoms with Crippen molar-refractivity contribution >= 4 is 0 Å². The third-order valence-corrected chi connectivity index (χ3v) is 16.7. The summed E-state index contributed by atoms with van der Waals surface area (Å²) >= 11 is 0. The Morgan fingerprint density at radius 2 is 1.28 bits per heavy atom. The maximum atomic E-state index is 11.6. The van der Waals surface area contributed by atoms with Crippen molar-refractivity contribution in [3.63, 3.8) is 0 Å². The molecule has 3 saturated heterocycles. The van der Waals surface area contributed by atoms with Crippen molar-refractivity contribution in [2.24, 2.45) is 46.3 Å². The van der Waals surface area contributed by atoms with E-state index >= 15 is 0 Å². The second-order valence-electron chi connectivity index (χ2n) is 20.1. The Balaban J connectivity index is 0.908. The van der Waals surface area contributed by atoms with Crippen LogP contribution in [0.5, 0.6) is 0 Å². The quantitative estimate of drug-likeness (QED) is 0.0921. The van der Waals surface area contributed by atoms with Crippen LogP contribution in [0.4, 0.5) is 0 Å². The summed E-state index contributed by atoms with van der Waals surface area (Å²) in [5.41, 5.74) is 1.47. The third kappa shape index (κ3) is 9.14. The zero-order valence-electron chi connectivity index (χ0n) is 36.0. The highest BCUT2D eigenvalue weighted by atomic mass is 16.7. The van der Waals surface area contributed by atoms with Crippen LogP contribution in [-0.4, -0.2) is 181 Å². The molecule has 61 heavy (non-hydrogen) atoms. The minimum Gasteiger partial charge on any atom is -0.394 e. The standard InChI is InChI=1S/C44H74O17/c1-20(19-56-40-37(54)34(51)32(49)29(16-45)58-40)5-10-28(48)21(2)25-8-9-26-24-7-6-22-15-23(11-13-43(22,3)27(24)12-14-44(25,26)4)57-41-38(55)35(52)39(31(18-47)60-41)61-42-36(53)33(50)30(17-46)59-42/h6,20-21,23-42,45-55H,5,7-19H2,1-4H3/t20-,21+,23+,24+,25-,26+,27+,28-,29-,30-,31-,32-,33-,34+,35-,36+,37-,38-,39-,40-,41-,42+,43+,44-/m1/s1. The molecular formula is C44H74O17. The first-order valence-corrected chi connectivity index (χ1v) is 22.8. The third-order valence-electron chi connectivity index (χ3n) is 16.7. The number of rotatable bonds is 15. The van der Waals surface area contributed by atoms with Gasteiger partial charge in [-0.05, 0) is 111 Å². The summed E-state index contributed by atoms with van der Waals surface area (Å²) in [6.07, 6.45) is -8.14. The maximum Gasteiger partial charge on any atom is 0.187 e. The van der Waals surface area contributed by atoms with E-state index in [1.54, 1.807) is 0 Å². The molecule has 0 bridgehead atoms. The molecule has 17 nitrogen and oxygen atoms in total. The van der Waals surface area contributed by atoms with E-state index in [-0.39, 0.29) is 35.4 Å². The van der Waals surface area contributed by atoms with Gasteiger partial charge in [0.15, 0.2) is 18.9 Å². The van der Waals surface area contributed by atoms with Crippen LogP contribution in [-0.2, 0) is 28.4 Å². The number of hydrogen-bond donors (Lipinski definition) is 11. The fourth-order valence-corrected chi connectivity index (χ4v) is 12.8. The molecule has 4 aliphatic carbocycles.